The summed E-state index contributed by atoms with van der Waals surface area (Å²) in [4.78, 5) is 11.5. The van der Waals surface area contributed by atoms with Crippen molar-refractivity contribution in [3.05, 3.63) is 0 Å². The number of ether oxygens (including phenoxy) is 1. The highest BCUT2D eigenvalue weighted by molar-refractivity contribution is 5.76. The molecule has 1 saturated heterocycles. The smallest absolute Gasteiger partial charge is 0.221 e. The third-order valence-electron chi connectivity index (χ3n) is 2.63. The third-order valence-corrected chi connectivity index (χ3v) is 2.63. The number of hydrogen-bond acceptors (Lipinski definition) is 3. The monoisotopic (exact) mass is 214 g/mol. The largest absolute Gasteiger partial charge is 0.378 e. The van der Waals surface area contributed by atoms with Gasteiger partial charge in [-0.1, -0.05) is 6.92 Å². The van der Waals surface area contributed by atoms with E-state index in [-0.39, 0.29) is 12.0 Å². The fourth-order valence-corrected chi connectivity index (χ4v) is 1.81. The minimum atomic E-state index is 0.148. The number of amides is 1. The summed E-state index contributed by atoms with van der Waals surface area (Å²) in [5, 5.41) is 6.19. The van der Waals surface area contributed by atoms with Gasteiger partial charge < -0.3 is 15.4 Å². The first-order valence-corrected chi connectivity index (χ1v) is 5.84. The number of carbonyl (C=O) groups excluding carboxylic acids is 1. The van der Waals surface area contributed by atoms with Gasteiger partial charge in [0.15, 0.2) is 0 Å². The predicted octanol–water partition coefficient (Wildman–Crippen LogP) is 0.670. The van der Waals surface area contributed by atoms with Crippen LogP contribution in [0.1, 0.15) is 33.1 Å². The molecule has 2 unspecified atom stereocenters. The van der Waals surface area contributed by atoms with Gasteiger partial charge in [0, 0.05) is 25.6 Å². The van der Waals surface area contributed by atoms with Gasteiger partial charge in [0.2, 0.25) is 5.91 Å². The fraction of sp³-hybridized carbons (Fsp3) is 0.909. The lowest BCUT2D eigenvalue weighted by Crippen LogP contribution is -2.42. The second kappa shape index (κ2) is 6.80. The fourth-order valence-electron chi connectivity index (χ4n) is 1.81. The Morgan fingerprint density at radius 3 is 3.00 bits per heavy atom. The van der Waals surface area contributed by atoms with Crippen LogP contribution in [0.25, 0.3) is 0 Å². The van der Waals surface area contributed by atoms with Crippen LogP contribution in [0.15, 0.2) is 0 Å². The van der Waals surface area contributed by atoms with Gasteiger partial charge in [-0.25, -0.2) is 0 Å². The predicted molar refractivity (Wildman–Crippen MR) is 59.7 cm³/mol. The first-order chi connectivity index (χ1) is 7.22. The second-order valence-corrected chi connectivity index (χ2v) is 4.07. The molecular weight excluding hydrogens is 192 g/mol. The van der Waals surface area contributed by atoms with E-state index in [1.54, 1.807) is 0 Å². The number of hydrogen-bond donors (Lipinski definition) is 2. The molecule has 1 fully saturated rings. The van der Waals surface area contributed by atoms with Crippen molar-refractivity contribution in [2.45, 2.75) is 45.3 Å². The Morgan fingerprint density at radius 2 is 2.33 bits per heavy atom. The molecule has 0 radical (unpaired) electrons. The maximum atomic E-state index is 11.5. The minimum Gasteiger partial charge on any atom is -0.378 e. The molecule has 1 aliphatic heterocycles. The van der Waals surface area contributed by atoms with Crippen LogP contribution in [0.4, 0.5) is 0 Å². The summed E-state index contributed by atoms with van der Waals surface area (Å²) in [6.07, 6.45) is 2.72. The first-order valence-electron chi connectivity index (χ1n) is 5.84. The molecule has 15 heavy (non-hydrogen) atoms. The van der Waals surface area contributed by atoms with Crippen molar-refractivity contribution in [3.8, 4) is 0 Å². The molecule has 1 amide bonds. The summed E-state index contributed by atoms with van der Waals surface area (Å²) in [6, 6.07) is 0.308. The van der Waals surface area contributed by atoms with Gasteiger partial charge in [0.1, 0.15) is 0 Å². The molecule has 2 atom stereocenters. The van der Waals surface area contributed by atoms with Gasteiger partial charge in [0.25, 0.3) is 0 Å². The van der Waals surface area contributed by atoms with Gasteiger partial charge >= 0.3 is 0 Å². The molecule has 0 spiro atoms. The zero-order valence-electron chi connectivity index (χ0n) is 9.71. The molecule has 2 N–H and O–H groups in total. The summed E-state index contributed by atoms with van der Waals surface area (Å²) in [5.41, 5.74) is 0. The Bertz CT molecular complexity index is 197. The van der Waals surface area contributed by atoms with E-state index in [0.717, 1.165) is 32.5 Å². The van der Waals surface area contributed by atoms with Crippen molar-refractivity contribution < 1.29 is 9.53 Å². The molecule has 0 saturated carbocycles. The molecule has 0 aromatic rings. The Morgan fingerprint density at radius 1 is 1.53 bits per heavy atom. The van der Waals surface area contributed by atoms with Gasteiger partial charge in [-0.3, -0.25) is 4.79 Å². The van der Waals surface area contributed by atoms with E-state index in [4.69, 9.17) is 4.74 Å². The summed E-state index contributed by atoms with van der Waals surface area (Å²) in [7, 11) is 0. The van der Waals surface area contributed by atoms with E-state index in [2.05, 4.69) is 17.6 Å². The summed E-state index contributed by atoms with van der Waals surface area (Å²) >= 11 is 0. The van der Waals surface area contributed by atoms with Crippen LogP contribution >= 0.6 is 0 Å². The van der Waals surface area contributed by atoms with Crippen LogP contribution in [0.2, 0.25) is 0 Å². The lowest BCUT2D eigenvalue weighted by atomic mass is 10.0. The van der Waals surface area contributed by atoms with Gasteiger partial charge in [-0.15, -0.1) is 0 Å². The Hall–Kier alpha value is -0.610. The highest BCUT2D eigenvalue weighted by atomic mass is 16.5. The average molecular weight is 214 g/mol. The topological polar surface area (TPSA) is 50.4 Å². The highest BCUT2D eigenvalue weighted by Crippen LogP contribution is 2.12. The summed E-state index contributed by atoms with van der Waals surface area (Å²) < 4.78 is 5.42. The van der Waals surface area contributed by atoms with Crippen LogP contribution < -0.4 is 10.6 Å². The van der Waals surface area contributed by atoms with E-state index < -0.39 is 0 Å². The van der Waals surface area contributed by atoms with Crippen molar-refractivity contribution >= 4 is 5.91 Å². The lowest BCUT2D eigenvalue weighted by Gasteiger charge is -2.27. The quantitative estimate of drug-likeness (QED) is 0.661. The normalized spacial score (nSPS) is 26.3. The third kappa shape index (κ3) is 5.14. The van der Waals surface area contributed by atoms with Crippen LogP contribution in [-0.4, -0.2) is 37.7 Å². The zero-order valence-corrected chi connectivity index (χ0v) is 9.71. The Labute approximate surface area is 91.8 Å². The van der Waals surface area contributed by atoms with Crippen LogP contribution in [0.3, 0.4) is 0 Å². The molecule has 1 aliphatic rings. The standard InChI is InChI=1S/C11H22N2O2/c1-3-12-6-4-11(14)13-10-5-7-15-9(2)8-10/h9-10,12H,3-8H2,1-2H3,(H,13,14). The molecular formula is C11H22N2O2. The zero-order chi connectivity index (χ0) is 11.1. The second-order valence-electron chi connectivity index (χ2n) is 4.07. The first kappa shape index (κ1) is 12.5. The number of rotatable bonds is 5. The van der Waals surface area contributed by atoms with Gasteiger partial charge in [-0.05, 0) is 26.3 Å². The van der Waals surface area contributed by atoms with E-state index >= 15 is 0 Å². The van der Waals surface area contributed by atoms with Crippen LogP contribution in [0, 0.1) is 0 Å². The van der Waals surface area contributed by atoms with Crippen molar-refractivity contribution in [2.24, 2.45) is 0 Å². The van der Waals surface area contributed by atoms with Crippen LogP contribution in [0.5, 0.6) is 0 Å². The molecule has 4 nitrogen and oxygen atoms in total. The van der Waals surface area contributed by atoms with Crippen molar-refractivity contribution in [3.63, 3.8) is 0 Å². The van der Waals surface area contributed by atoms with E-state index in [0.29, 0.717) is 12.5 Å². The van der Waals surface area contributed by atoms with Crippen molar-refractivity contribution in [2.75, 3.05) is 19.7 Å². The van der Waals surface area contributed by atoms with E-state index in [1.165, 1.54) is 0 Å². The molecule has 1 rings (SSSR count). The molecule has 1 heterocycles. The number of nitrogens with one attached hydrogen (secondary N) is 2. The average Bonchev–Trinajstić information content (AvgIpc) is 2.18. The van der Waals surface area contributed by atoms with Crippen molar-refractivity contribution in [1.29, 1.82) is 0 Å². The van der Waals surface area contributed by atoms with E-state index in [1.807, 2.05) is 6.92 Å². The minimum absolute atomic E-state index is 0.148. The summed E-state index contributed by atoms with van der Waals surface area (Å²) in [6.45, 7) is 6.54. The maximum Gasteiger partial charge on any atom is 0.221 e. The molecule has 0 aliphatic carbocycles. The maximum absolute atomic E-state index is 11.5. The summed E-state index contributed by atoms with van der Waals surface area (Å²) in [5.74, 6) is 0.148. The molecule has 88 valence electrons. The van der Waals surface area contributed by atoms with E-state index in [9.17, 15) is 4.79 Å². The molecule has 0 bridgehead atoms. The molecule has 0 aromatic heterocycles. The molecule has 4 heteroatoms. The van der Waals surface area contributed by atoms with Gasteiger partial charge in [-0.2, -0.15) is 0 Å². The number of carbonyl (C=O) groups is 1. The highest BCUT2D eigenvalue weighted by Gasteiger charge is 2.20. The van der Waals surface area contributed by atoms with Gasteiger partial charge in [0.05, 0.1) is 6.10 Å². The SMILES string of the molecule is CCNCCC(=O)NC1CCOC(C)C1. The molecule has 0 aromatic carbocycles. The van der Waals surface area contributed by atoms with Crippen LogP contribution in [-0.2, 0) is 9.53 Å². The Kier molecular flexibility index (Phi) is 5.65. The Balaban J connectivity index is 2.13. The lowest BCUT2D eigenvalue weighted by molar-refractivity contribution is -0.122. The van der Waals surface area contributed by atoms with Crippen molar-refractivity contribution in [1.82, 2.24) is 10.6 Å².